The molecule has 0 radical (unpaired) electrons. The first-order valence-corrected chi connectivity index (χ1v) is 4.90. The van der Waals surface area contributed by atoms with Gasteiger partial charge in [-0.15, -0.1) is 0 Å². The normalized spacial score (nSPS) is 9.62. The minimum atomic E-state index is -0.303. The quantitative estimate of drug-likeness (QED) is 0.561. The number of carbonyl (C=O) groups is 2. The number of benzene rings is 1. The Morgan fingerprint density at radius 1 is 1.38 bits per heavy atom. The van der Waals surface area contributed by atoms with E-state index >= 15 is 0 Å². The van der Waals surface area contributed by atoms with Gasteiger partial charge in [0.2, 0.25) is 0 Å². The van der Waals surface area contributed by atoms with Crippen molar-refractivity contribution in [2.45, 2.75) is 12.8 Å². The van der Waals surface area contributed by atoms with E-state index in [0.717, 1.165) is 11.8 Å². The molecule has 0 saturated carbocycles. The number of esters is 1. The van der Waals surface area contributed by atoms with Crippen molar-refractivity contribution >= 4 is 12.3 Å². The lowest BCUT2D eigenvalue weighted by Gasteiger charge is -2.09. The molecule has 0 atom stereocenters. The summed E-state index contributed by atoms with van der Waals surface area (Å²) < 4.78 is 9.69. The number of rotatable bonds is 5. The molecule has 4 heteroatoms. The van der Waals surface area contributed by atoms with Crippen LogP contribution in [0, 0.1) is 0 Å². The summed E-state index contributed by atoms with van der Waals surface area (Å²) in [5, 5.41) is 0. The smallest absolute Gasteiger partial charge is 0.305 e. The van der Waals surface area contributed by atoms with E-state index in [4.69, 9.17) is 4.74 Å². The minimum absolute atomic E-state index is 0.234. The van der Waals surface area contributed by atoms with E-state index in [1.54, 1.807) is 18.2 Å². The molecular weight excluding hydrogens is 208 g/mol. The number of hydrogen-bond donors (Lipinski definition) is 0. The second kappa shape index (κ2) is 5.90. The van der Waals surface area contributed by atoms with Crippen LogP contribution in [0.5, 0.6) is 5.75 Å². The maximum atomic E-state index is 11.0. The van der Waals surface area contributed by atoms with Crippen molar-refractivity contribution in [3.05, 3.63) is 29.3 Å². The van der Waals surface area contributed by atoms with E-state index in [-0.39, 0.29) is 12.4 Å². The van der Waals surface area contributed by atoms with Gasteiger partial charge < -0.3 is 9.47 Å². The molecule has 0 fully saturated rings. The summed E-state index contributed by atoms with van der Waals surface area (Å²) in [7, 11) is 2.87. The Hall–Kier alpha value is -1.84. The van der Waals surface area contributed by atoms with Crippen LogP contribution < -0.4 is 4.74 Å². The molecule has 86 valence electrons. The van der Waals surface area contributed by atoms with Crippen molar-refractivity contribution in [2.75, 3.05) is 14.2 Å². The Labute approximate surface area is 94.2 Å². The molecule has 0 unspecified atom stereocenters. The molecule has 4 nitrogen and oxygen atoms in total. The van der Waals surface area contributed by atoms with Gasteiger partial charge in [-0.2, -0.15) is 0 Å². The first-order chi connectivity index (χ1) is 7.72. The summed E-state index contributed by atoms with van der Waals surface area (Å²) in [5.74, 6) is 0.316. The first kappa shape index (κ1) is 12.2. The van der Waals surface area contributed by atoms with Crippen molar-refractivity contribution in [3.8, 4) is 5.75 Å². The lowest BCUT2D eigenvalue weighted by atomic mass is 10.0. The maximum absolute atomic E-state index is 11.0. The van der Waals surface area contributed by atoms with E-state index in [2.05, 4.69) is 4.74 Å². The topological polar surface area (TPSA) is 52.6 Å². The predicted molar refractivity (Wildman–Crippen MR) is 58.7 cm³/mol. The van der Waals surface area contributed by atoms with Crippen LogP contribution in [0.3, 0.4) is 0 Å². The second-order valence-electron chi connectivity index (χ2n) is 3.22. The number of hydrogen-bond acceptors (Lipinski definition) is 4. The molecule has 0 aliphatic rings. The average molecular weight is 222 g/mol. The molecule has 1 rings (SSSR count). The van der Waals surface area contributed by atoms with Crippen LogP contribution >= 0.6 is 0 Å². The number of carbonyl (C=O) groups excluding carboxylic acids is 2. The molecular formula is C12H14O4. The number of aldehydes is 1. The molecule has 0 saturated heterocycles. The SMILES string of the molecule is COC(=O)CCc1c(C=O)cccc1OC. The summed E-state index contributed by atoms with van der Waals surface area (Å²) in [6, 6.07) is 5.20. The van der Waals surface area contributed by atoms with E-state index in [1.165, 1.54) is 14.2 Å². The highest BCUT2D eigenvalue weighted by Crippen LogP contribution is 2.22. The molecule has 0 aliphatic heterocycles. The number of methoxy groups -OCH3 is 2. The third-order valence-corrected chi connectivity index (χ3v) is 2.32. The van der Waals surface area contributed by atoms with Gasteiger partial charge in [0.1, 0.15) is 12.0 Å². The monoisotopic (exact) mass is 222 g/mol. The maximum Gasteiger partial charge on any atom is 0.305 e. The van der Waals surface area contributed by atoms with Crippen LogP contribution in [0.15, 0.2) is 18.2 Å². The van der Waals surface area contributed by atoms with Gasteiger partial charge in [-0.05, 0) is 12.5 Å². The lowest BCUT2D eigenvalue weighted by molar-refractivity contribution is -0.140. The fourth-order valence-electron chi connectivity index (χ4n) is 1.48. The lowest BCUT2D eigenvalue weighted by Crippen LogP contribution is -2.05. The van der Waals surface area contributed by atoms with Gasteiger partial charge in [-0.25, -0.2) is 0 Å². The summed E-state index contributed by atoms with van der Waals surface area (Å²) in [5.41, 5.74) is 1.29. The Morgan fingerprint density at radius 3 is 2.69 bits per heavy atom. The van der Waals surface area contributed by atoms with Gasteiger partial charge in [0.05, 0.1) is 14.2 Å². The molecule has 0 amide bonds. The molecule has 16 heavy (non-hydrogen) atoms. The zero-order chi connectivity index (χ0) is 12.0. The Kier molecular flexibility index (Phi) is 4.51. The van der Waals surface area contributed by atoms with Crippen LogP contribution in [-0.2, 0) is 16.0 Å². The minimum Gasteiger partial charge on any atom is -0.496 e. The highest BCUT2D eigenvalue weighted by atomic mass is 16.5. The fourth-order valence-corrected chi connectivity index (χ4v) is 1.48. The largest absolute Gasteiger partial charge is 0.496 e. The van der Waals surface area contributed by atoms with Crippen LogP contribution in [0.1, 0.15) is 22.3 Å². The van der Waals surface area contributed by atoms with Gasteiger partial charge in [0, 0.05) is 17.5 Å². The van der Waals surface area contributed by atoms with Gasteiger partial charge in [-0.3, -0.25) is 9.59 Å². The third kappa shape index (κ3) is 2.82. The molecule has 0 heterocycles. The Balaban J connectivity index is 2.91. The third-order valence-electron chi connectivity index (χ3n) is 2.32. The van der Waals surface area contributed by atoms with Crippen molar-refractivity contribution in [2.24, 2.45) is 0 Å². The van der Waals surface area contributed by atoms with Crippen LogP contribution in [0.4, 0.5) is 0 Å². The van der Waals surface area contributed by atoms with Crippen LogP contribution in [0.2, 0.25) is 0 Å². The molecule has 0 bridgehead atoms. The zero-order valence-electron chi connectivity index (χ0n) is 9.36. The van der Waals surface area contributed by atoms with Crippen LogP contribution in [0.25, 0.3) is 0 Å². The summed E-state index contributed by atoms with van der Waals surface area (Å²) >= 11 is 0. The molecule has 1 aromatic carbocycles. The van der Waals surface area contributed by atoms with Crippen LogP contribution in [-0.4, -0.2) is 26.5 Å². The second-order valence-corrected chi connectivity index (χ2v) is 3.22. The van der Waals surface area contributed by atoms with Crippen molar-refractivity contribution in [1.82, 2.24) is 0 Å². The van der Waals surface area contributed by atoms with Gasteiger partial charge in [0.25, 0.3) is 0 Å². The zero-order valence-corrected chi connectivity index (χ0v) is 9.36. The summed E-state index contributed by atoms with van der Waals surface area (Å²) in [6.45, 7) is 0. The van der Waals surface area contributed by atoms with E-state index in [1.807, 2.05) is 0 Å². The van der Waals surface area contributed by atoms with Crippen molar-refractivity contribution in [3.63, 3.8) is 0 Å². The average Bonchev–Trinajstić information content (AvgIpc) is 2.35. The molecule has 0 spiro atoms. The van der Waals surface area contributed by atoms with Crippen molar-refractivity contribution < 1.29 is 19.1 Å². The van der Waals surface area contributed by atoms with E-state index < -0.39 is 0 Å². The number of ether oxygens (including phenoxy) is 2. The molecule has 0 aromatic heterocycles. The highest BCUT2D eigenvalue weighted by Gasteiger charge is 2.10. The van der Waals surface area contributed by atoms with Gasteiger partial charge >= 0.3 is 5.97 Å². The standard InChI is InChI=1S/C12H14O4/c1-15-11-5-3-4-9(8-13)10(11)6-7-12(14)16-2/h3-5,8H,6-7H2,1-2H3. The molecule has 0 N–H and O–H groups in total. The van der Waals surface area contributed by atoms with Gasteiger partial charge in [0.15, 0.2) is 0 Å². The van der Waals surface area contributed by atoms with Crippen molar-refractivity contribution in [1.29, 1.82) is 0 Å². The first-order valence-electron chi connectivity index (χ1n) is 4.90. The predicted octanol–water partition coefficient (Wildman–Crippen LogP) is 1.61. The van der Waals surface area contributed by atoms with E-state index in [9.17, 15) is 9.59 Å². The van der Waals surface area contributed by atoms with Gasteiger partial charge in [-0.1, -0.05) is 12.1 Å². The summed E-state index contributed by atoms with van der Waals surface area (Å²) in [6.07, 6.45) is 1.43. The fraction of sp³-hybridized carbons (Fsp3) is 0.333. The Morgan fingerprint density at radius 2 is 2.12 bits per heavy atom. The highest BCUT2D eigenvalue weighted by molar-refractivity contribution is 5.79. The molecule has 1 aromatic rings. The Bertz CT molecular complexity index is 385. The summed E-state index contributed by atoms with van der Waals surface area (Å²) in [4.78, 5) is 21.9. The molecule has 0 aliphatic carbocycles. The van der Waals surface area contributed by atoms with E-state index in [0.29, 0.717) is 17.7 Å².